The third-order valence-electron chi connectivity index (χ3n) is 11.0. The van der Waals surface area contributed by atoms with E-state index < -0.39 is 0 Å². The average Bonchev–Trinajstić information content (AvgIpc) is 3.45. The lowest BCUT2D eigenvalue weighted by Gasteiger charge is -2.51. The summed E-state index contributed by atoms with van der Waals surface area (Å²) in [6, 6.07) is 42.2. The molecule has 220 valence electrons. The molecule has 2 nitrogen and oxygen atoms in total. The van der Waals surface area contributed by atoms with Crippen molar-refractivity contribution in [2.75, 3.05) is 9.71 Å². The maximum Gasteiger partial charge on any atom is 0.329 e. The van der Waals surface area contributed by atoms with Gasteiger partial charge in [0.05, 0.1) is 5.69 Å². The third kappa shape index (κ3) is 3.23. The Balaban J connectivity index is 1.34. The maximum atomic E-state index is 2.75. The quantitative estimate of drug-likeness (QED) is 0.175. The minimum Gasteiger partial charge on any atom is -0.377 e. The van der Waals surface area contributed by atoms with Crippen LogP contribution in [0.2, 0.25) is 0 Å². The van der Waals surface area contributed by atoms with Gasteiger partial charge in [-0.25, -0.2) is 0 Å². The number of thiophene rings is 1. The summed E-state index contributed by atoms with van der Waals surface area (Å²) in [6.07, 6.45) is 0. The largest absolute Gasteiger partial charge is 0.377 e. The van der Waals surface area contributed by atoms with Crippen molar-refractivity contribution < 1.29 is 0 Å². The molecule has 0 radical (unpaired) electrons. The molecule has 5 heterocycles. The molecule has 0 spiro atoms. The van der Waals surface area contributed by atoms with E-state index in [-0.39, 0.29) is 13.6 Å². The highest BCUT2D eigenvalue weighted by molar-refractivity contribution is 7.34. The van der Waals surface area contributed by atoms with E-state index in [1.54, 1.807) is 0 Å². The fourth-order valence-corrected chi connectivity index (χ4v) is 10.5. The van der Waals surface area contributed by atoms with Gasteiger partial charge in [-0.05, 0) is 91.0 Å². The van der Waals surface area contributed by atoms with Gasteiger partial charge in [0, 0.05) is 48.7 Å². The van der Waals surface area contributed by atoms with Crippen LogP contribution in [0.1, 0.15) is 22.3 Å². The van der Waals surface area contributed by atoms with E-state index in [2.05, 4.69) is 147 Å². The van der Waals surface area contributed by atoms with Crippen LogP contribution >= 0.6 is 11.3 Å². The van der Waals surface area contributed by atoms with Gasteiger partial charge in [0.25, 0.3) is 6.71 Å². The van der Waals surface area contributed by atoms with E-state index >= 15 is 0 Å². The second-order valence-corrected chi connectivity index (χ2v) is 15.1. The minimum atomic E-state index is 0.116. The molecule has 0 N–H and O–H groups in total. The number of aryl methyl sites for hydroxylation is 4. The van der Waals surface area contributed by atoms with Crippen molar-refractivity contribution in [3.8, 4) is 22.3 Å². The van der Waals surface area contributed by atoms with E-state index in [0.717, 1.165) is 0 Å². The molecule has 0 amide bonds. The molecule has 1 aromatic heterocycles. The lowest BCUT2D eigenvalue weighted by atomic mass is 9.32. The average molecular weight is 616 g/mol. The van der Waals surface area contributed by atoms with Crippen LogP contribution in [-0.2, 0) is 0 Å². The molecule has 7 aromatic rings. The van der Waals surface area contributed by atoms with Crippen LogP contribution in [0.5, 0.6) is 0 Å². The van der Waals surface area contributed by atoms with E-state index in [0.29, 0.717) is 0 Å². The van der Waals surface area contributed by atoms with Crippen LogP contribution in [0.15, 0.2) is 109 Å². The summed E-state index contributed by atoms with van der Waals surface area (Å²) in [5.74, 6) is 0. The summed E-state index contributed by atoms with van der Waals surface area (Å²) >= 11 is 1.98. The Morgan fingerprint density at radius 3 is 1.96 bits per heavy atom. The standard InChI is InChI=1S/C42H30B2N2S/c1-23-9-13-27(14-10-23)45-36-18-17-30-28-15-11-24(2)20-33(28)44-34-21-25(3)12-16-29(34)32-19-26(4)22-35-39(32)46(44)40(30)38(36)43(35)42-41(45)31-7-5-6-8-37(31)47-42/h5-22H,1-4H3. The zero-order valence-corrected chi connectivity index (χ0v) is 27.7. The fourth-order valence-electron chi connectivity index (χ4n) is 9.17. The summed E-state index contributed by atoms with van der Waals surface area (Å²) in [4.78, 5) is 5.33. The van der Waals surface area contributed by atoms with Crippen LogP contribution in [-0.4, -0.2) is 13.6 Å². The molecule has 11 rings (SSSR count). The highest BCUT2D eigenvalue weighted by Gasteiger charge is 2.52. The third-order valence-corrected chi connectivity index (χ3v) is 12.2. The van der Waals surface area contributed by atoms with Gasteiger partial charge >= 0.3 is 6.85 Å². The van der Waals surface area contributed by atoms with Crippen molar-refractivity contribution in [2.45, 2.75) is 27.7 Å². The van der Waals surface area contributed by atoms with Gasteiger partial charge in [0.15, 0.2) is 0 Å². The maximum absolute atomic E-state index is 2.75. The smallest absolute Gasteiger partial charge is 0.329 e. The number of anilines is 5. The first-order valence-corrected chi connectivity index (χ1v) is 17.5. The highest BCUT2D eigenvalue weighted by atomic mass is 32.1. The van der Waals surface area contributed by atoms with E-state index in [9.17, 15) is 0 Å². The summed E-state index contributed by atoms with van der Waals surface area (Å²) in [5, 5.41) is 1.33. The van der Waals surface area contributed by atoms with E-state index in [4.69, 9.17) is 0 Å². The number of rotatable bonds is 1. The second-order valence-electron chi connectivity index (χ2n) is 14.0. The molecule has 0 atom stereocenters. The molecule has 47 heavy (non-hydrogen) atoms. The predicted molar refractivity (Wildman–Crippen MR) is 205 cm³/mol. The molecule has 0 saturated carbocycles. The van der Waals surface area contributed by atoms with Gasteiger partial charge in [-0.1, -0.05) is 101 Å². The van der Waals surface area contributed by atoms with Crippen molar-refractivity contribution >= 4 is 90.0 Å². The van der Waals surface area contributed by atoms with E-state index in [1.165, 1.54) is 110 Å². The lowest BCUT2D eigenvalue weighted by molar-refractivity contribution is 1.28. The minimum absolute atomic E-state index is 0.116. The number of fused-ring (bicyclic) bond motifs is 11. The Morgan fingerprint density at radius 1 is 0.532 bits per heavy atom. The zero-order chi connectivity index (χ0) is 31.3. The van der Waals surface area contributed by atoms with Crippen LogP contribution in [0, 0.1) is 27.7 Å². The van der Waals surface area contributed by atoms with Gasteiger partial charge in [0.2, 0.25) is 0 Å². The Labute approximate surface area is 280 Å². The van der Waals surface area contributed by atoms with Crippen LogP contribution in [0.4, 0.5) is 28.4 Å². The van der Waals surface area contributed by atoms with Crippen molar-refractivity contribution in [3.05, 3.63) is 131 Å². The second kappa shape index (κ2) is 8.87. The summed E-state index contributed by atoms with van der Waals surface area (Å²) in [5.41, 5.74) is 23.0. The number of hydrogen-bond acceptors (Lipinski definition) is 3. The first-order chi connectivity index (χ1) is 23.0. The zero-order valence-electron chi connectivity index (χ0n) is 26.8. The first kappa shape index (κ1) is 26.1. The van der Waals surface area contributed by atoms with Crippen molar-refractivity contribution in [1.82, 2.24) is 0 Å². The van der Waals surface area contributed by atoms with Crippen LogP contribution in [0.25, 0.3) is 32.3 Å². The molecule has 4 aliphatic heterocycles. The summed E-state index contributed by atoms with van der Waals surface area (Å²) < 4.78 is 2.79. The normalized spacial score (nSPS) is 14.2. The van der Waals surface area contributed by atoms with Crippen molar-refractivity contribution in [3.63, 3.8) is 0 Å². The molecule has 5 heteroatoms. The molecule has 0 saturated heterocycles. The predicted octanol–water partition coefficient (Wildman–Crippen LogP) is 7.65. The molecule has 4 aliphatic rings. The van der Waals surface area contributed by atoms with Crippen molar-refractivity contribution in [2.24, 2.45) is 0 Å². The molecule has 0 aliphatic carbocycles. The number of benzene rings is 6. The van der Waals surface area contributed by atoms with Crippen LogP contribution in [0.3, 0.4) is 0 Å². The topological polar surface area (TPSA) is 6.48 Å². The fraction of sp³-hybridized carbons (Fsp3) is 0.0952. The first-order valence-electron chi connectivity index (χ1n) is 16.7. The monoisotopic (exact) mass is 616 g/mol. The van der Waals surface area contributed by atoms with Gasteiger partial charge in [-0.15, -0.1) is 11.3 Å². The number of hydrogen-bond donors (Lipinski definition) is 0. The van der Waals surface area contributed by atoms with Gasteiger partial charge in [-0.2, -0.15) is 0 Å². The van der Waals surface area contributed by atoms with Gasteiger partial charge in [-0.3, -0.25) is 0 Å². The molecule has 6 aromatic carbocycles. The van der Waals surface area contributed by atoms with Gasteiger partial charge < -0.3 is 9.71 Å². The van der Waals surface area contributed by atoms with Crippen molar-refractivity contribution in [1.29, 1.82) is 0 Å². The Morgan fingerprint density at radius 2 is 1.19 bits per heavy atom. The Bertz CT molecular complexity index is 2550. The molecular weight excluding hydrogens is 586 g/mol. The highest BCUT2D eigenvalue weighted by Crippen LogP contribution is 2.52. The Kier molecular flexibility index (Phi) is 4.93. The summed E-state index contributed by atoms with van der Waals surface area (Å²) in [7, 11) is 0. The Hall–Kier alpha value is -4.99. The molecule has 0 bridgehead atoms. The molecular formula is C42H30B2N2S. The molecule has 0 fully saturated rings. The number of nitrogens with zero attached hydrogens (tertiary/aromatic N) is 2. The summed E-state index contributed by atoms with van der Waals surface area (Å²) in [6.45, 7) is 9.20. The van der Waals surface area contributed by atoms with E-state index in [1.807, 2.05) is 11.3 Å². The van der Waals surface area contributed by atoms with Gasteiger partial charge in [0.1, 0.15) is 0 Å². The molecule has 0 unspecified atom stereocenters. The SMILES string of the molecule is Cc1ccc(N2c3ccc4c5c3B(c3cc(C)cc6c3N5B(c3cc(C)ccc3-6)c3cc(C)ccc3-4)c3sc4ccccc4c32)cc1. The van der Waals surface area contributed by atoms with Crippen LogP contribution < -0.4 is 36.3 Å². The lowest BCUT2D eigenvalue weighted by Crippen LogP contribution is -2.69.